The van der Waals surface area contributed by atoms with Gasteiger partial charge in [-0.15, -0.1) is 0 Å². The summed E-state index contributed by atoms with van der Waals surface area (Å²) in [7, 11) is 12.2. The molecule has 6 heteroatoms. The first kappa shape index (κ1) is 32.7. The second kappa shape index (κ2) is 12.1. The molecule has 0 bridgehead atoms. The van der Waals surface area contributed by atoms with Crippen molar-refractivity contribution in [3.8, 4) is 22.3 Å². The molecule has 0 saturated carbocycles. The first-order valence-electron chi connectivity index (χ1n) is 16.4. The first-order valence-corrected chi connectivity index (χ1v) is 33.8. The maximum atomic E-state index is 7.96. The molecule has 1 aliphatic carbocycles. The van der Waals surface area contributed by atoms with Crippen molar-refractivity contribution in [1.82, 2.24) is 0 Å². The first-order chi connectivity index (χ1) is 20.8. The Hall–Kier alpha value is -1.27. The van der Waals surface area contributed by atoms with E-state index in [-0.39, 0.29) is 3.63 Å². The van der Waals surface area contributed by atoms with Gasteiger partial charge in [0.2, 0.25) is 0 Å². The van der Waals surface area contributed by atoms with E-state index in [9.17, 15) is 0 Å². The molecule has 2 aliphatic rings. The van der Waals surface area contributed by atoms with Crippen LogP contribution in [-0.4, -0.2) is 25.7 Å². The molecule has 0 radical (unpaired) electrons. The Bertz CT molecular complexity index is 1760. The van der Waals surface area contributed by atoms with Crippen molar-refractivity contribution < 1.29 is 17.9 Å². The SMILES string of the molecule is CCCC1=Cc2c(ccc(CC)c2-c2cc([Si](C)(C)C)cc([Si](C)(C)C)c2)[CH]1[Zr]([Cl])([Cl])[c]1cccc2c1[SiH2]c1ccccc1-2. The summed E-state index contributed by atoms with van der Waals surface area (Å²) < 4.78 is 1.46. The fourth-order valence-electron chi connectivity index (χ4n) is 7.39. The van der Waals surface area contributed by atoms with Gasteiger partial charge in [0.25, 0.3) is 0 Å². The van der Waals surface area contributed by atoms with Crippen molar-refractivity contribution in [3.05, 3.63) is 95.1 Å². The minimum atomic E-state index is -4.00. The van der Waals surface area contributed by atoms with E-state index in [1.807, 2.05) is 0 Å². The summed E-state index contributed by atoms with van der Waals surface area (Å²) >= 11 is -4.00. The van der Waals surface area contributed by atoms with E-state index in [2.05, 4.69) is 132 Å². The molecule has 6 rings (SSSR count). The summed E-state index contributed by atoms with van der Waals surface area (Å²) in [6, 6.07) is 28.2. The average molecular weight is 749 g/mol. The summed E-state index contributed by atoms with van der Waals surface area (Å²) in [6.07, 6.45) is 5.68. The van der Waals surface area contributed by atoms with Crippen LogP contribution in [0.4, 0.5) is 0 Å². The fraction of sp³-hybridized carbons (Fsp3) is 0.316. The Morgan fingerprint density at radius 3 is 2.07 bits per heavy atom. The topological polar surface area (TPSA) is 0 Å². The zero-order chi connectivity index (χ0) is 31.6. The molecule has 4 aromatic carbocycles. The Morgan fingerprint density at radius 2 is 1.43 bits per heavy atom. The van der Waals surface area contributed by atoms with E-state index < -0.39 is 43.5 Å². The number of hydrogen-bond acceptors (Lipinski definition) is 0. The van der Waals surface area contributed by atoms with Gasteiger partial charge in [-0.2, -0.15) is 0 Å². The van der Waals surface area contributed by atoms with E-state index in [4.69, 9.17) is 17.0 Å². The number of hydrogen-bond donors (Lipinski definition) is 0. The van der Waals surface area contributed by atoms with Crippen LogP contribution in [-0.2, 0) is 24.3 Å². The molecule has 1 aliphatic heterocycles. The summed E-state index contributed by atoms with van der Waals surface area (Å²) in [5.41, 5.74) is 11.3. The minimum absolute atomic E-state index is 0.132. The second-order valence-corrected chi connectivity index (χ2v) is 40.9. The molecule has 1 atom stereocenters. The Balaban J connectivity index is 1.56. The zero-order valence-electron chi connectivity index (χ0n) is 27.7. The molecule has 0 aromatic heterocycles. The van der Waals surface area contributed by atoms with Crippen LogP contribution in [0.15, 0.2) is 78.4 Å². The molecule has 228 valence electrons. The number of rotatable bonds is 8. The van der Waals surface area contributed by atoms with Crippen LogP contribution in [0.1, 0.15) is 47.0 Å². The van der Waals surface area contributed by atoms with E-state index in [1.165, 1.54) is 58.2 Å². The third kappa shape index (κ3) is 5.75. The zero-order valence-corrected chi connectivity index (χ0v) is 35.1. The second-order valence-electron chi connectivity index (χ2n) is 14.9. The van der Waals surface area contributed by atoms with Gasteiger partial charge in [-0.3, -0.25) is 0 Å². The van der Waals surface area contributed by atoms with Gasteiger partial charge < -0.3 is 0 Å². The molecule has 0 N–H and O–H groups in total. The average Bonchev–Trinajstić information content (AvgIpc) is 3.54. The van der Waals surface area contributed by atoms with Gasteiger partial charge in [-0.05, 0) is 0 Å². The van der Waals surface area contributed by atoms with Crippen LogP contribution in [0.25, 0.3) is 28.3 Å². The van der Waals surface area contributed by atoms with Crippen molar-refractivity contribution >= 4 is 72.8 Å². The van der Waals surface area contributed by atoms with Gasteiger partial charge >= 0.3 is 284 Å². The maximum absolute atomic E-state index is 7.96. The van der Waals surface area contributed by atoms with Gasteiger partial charge in [0.15, 0.2) is 0 Å². The molecule has 44 heavy (non-hydrogen) atoms. The molecular formula is C38H46Cl2Si3Zr. The molecule has 0 amide bonds. The molecule has 0 saturated heterocycles. The number of benzene rings is 4. The predicted molar refractivity (Wildman–Crippen MR) is 204 cm³/mol. The normalized spacial score (nSPS) is 16.6. The predicted octanol–water partition coefficient (Wildman–Crippen LogP) is 8.13. The van der Waals surface area contributed by atoms with Crippen molar-refractivity contribution in [2.45, 2.75) is 76.0 Å². The van der Waals surface area contributed by atoms with Crippen LogP contribution >= 0.6 is 17.0 Å². The molecule has 1 heterocycles. The molecule has 1 unspecified atom stereocenters. The van der Waals surface area contributed by atoms with Crippen LogP contribution in [0.5, 0.6) is 0 Å². The van der Waals surface area contributed by atoms with Crippen LogP contribution in [0.3, 0.4) is 0 Å². The van der Waals surface area contributed by atoms with Gasteiger partial charge in [-0.1, -0.05) is 0 Å². The number of halogens is 2. The number of fused-ring (bicyclic) bond motifs is 4. The van der Waals surface area contributed by atoms with Crippen molar-refractivity contribution in [2.75, 3.05) is 0 Å². The Kier molecular flexibility index (Phi) is 8.96. The van der Waals surface area contributed by atoms with Crippen LogP contribution < -0.4 is 24.0 Å². The number of aryl methyl sites for hydroxylation is 1. The van der Waals surface area contributed by atoms with Crippen molar-refractivity contribution in [3.63, 3.8) is 0 Å². The van der Waals surface area contributed by atoms with Gasteiger partial charge in [0.05, 0.1) is 0 Å². The van der Waals surface area contributed by atoms with Crippen molar-refractivity contribution in [2.24, 2.45) is 0 Å². The molecule has 0 nitrogen and oxygen atoms in total. The third-order valence-corrected chi connectivity index (χ3v) is 28.2. The van der Waals surface area contributed by atoms with Crippen LogP contribution in [0.2, 0.25) is 39.3 Å². The summed E-state index contributed by atoms with van der Waals surface area (Å²) in [5.74, 6) is 0. The van der Waals surface area contributed by atoms with Gasteiger partial charge in [-0.25, -0.2) is 0 Å². The fourth-order valence-corrected chi connectivity index (χ4v) is 26.7. The van der Waals surface area contributed by atoms with E-state index >= 15 is 0 Å². The summed E-state index contributed by atoms with van der Waals surface area (Å²) in [5, 5.41) is 6.16. The van der Waals surface area contributed by atoms with Crippen LogP contribution in [0, 0.1) is 0 Å². The monoisotopic (exact) mass is 746 g/mol. The quantitative estimate of drug-likeness (QED) is 0.141. The molecule has 0 fully saturated rings. The van der Waals surface area contributed by atoms with E-state index in [0.29, 0.717) is 0 Å². The van der Waals surface area contributed by atoms with Gasteiger partial charge in [0.1, 0.15) is 0 Å². The standard InChI is InChI=1S/C26H37Si2.C12H9Si.2ClH.Zr/c1-9-11-19-14-21-13-12-20(10-2)26(25(21)15-19)22-16-23(27(3,4)5)18-24(17-22)28(6,7)8;1-3-7-11-9(5-1)10-6-2-4-8-12(10)13-11;;;/h12-18H,9-11H2,1-8H3;1-7H,13H2;2*1H;/q;;;;+2/p-2. The molecule has 0 spiro atoms. The van der Waals surface area contributed by atoms with Crippen molar-refractivity contribution in [1.29, 1.82) is 0 Å². The Morgan fingerprint density at radius 1 is 0.773 bits per heavy atom. The van der Waals surface area contributed by atoms with E-state index in [1.54, 1.807) is 10.4 Å². The summed E-state index contributed by atoms with van der Waals surface area (Å²) in [6.45, 7) is 19.5. The summed E-state index contributed by atoms with van der Waals surface area (Å²) in [4.78, 5) is 0. The third-order valence-electron chi connectivity index (χ3n) is 9.82. The number of allylic oxidation sites excluding steroid dienone is 1. The Labute approximate surface area is 281 Å². The molecule has 4 aromatic rings. The van der Waals surface area contributed by atoms with Gasteiger partial charge in [0, 0.05) is 0 Å². The molecular weight excluding hydrogens is 703 g/mol. The van der Waals surface area contributed by atoms with E-state index in [0.717, 1.165) is 19.3 Å².